The van der Waals surface area contributed by atoms with Crippen LogP contribution in [0.3, 0.4) is 0 Å². The van der Waals surface area contributed by atoms with Crippen molar-refractivity contribution in [1.82, 2.24) is 10.6 Å². The second-order valence-electron chi connectivity index (χ2n) is 8.79. The smallest absolute Gasteiger partial charge is 0.249 e. The van der Waals surface area contributed by atoms with Crippen LogP contribution >= 0.6 is 0 Å². The van der Waals surface area contributed by atoms with Crippen LogP contribution in [0.1, 0.15) is 56.4 Å². The minimum absolute atomic E-state index is 0.0147. The predicted octanol–water partition coefficient (Wildman–Crippen LogP) is 2.33. The van der Waals surface area contributed by atoms with Gasteiger partial charge in [0.1, 0.15) is 18.5 Å². The third-order valence-electron chi connectivity index (χ3n) is 6.75. The van der Waals surface area contributed by atoms with E-state index >= 15 is 0 Å². The average molecular weight is 431 g/mol. The third-order valence-corrected chi connectivity index (χ3v) is 6.75. The maximum atomic E-state index is 12.3. The number of rotatable bonds is 9. The fraction of sp³-hybridized carbons (Fsp3) is 0.667. The van der Waals surface area contributed by atoms with Gasteiger partial charge < -0.3 is 24.8 Å². The van der Waals surface area contributed by atoms with Gasteiger partial charge in [0.2, 0.25) is 5.91 Å². The standard InChI is InChI=1S/C24H34N2O5/c27-13-15-30-22-6-2-1-4-19(22)17-7-9-18(10-8-17)31-16-21-20(5-3-12-25-21)26-24(28)23-11-14-29-23/h1-2,4,6,13,17-18,20-21,23,25H,3,5,7-12,14-16H2,(H,26,28)/t17?,18?,20-,21-,23+/m0/s1. The lowest BCUT2D eigenvalue weighted by Gasteiger charge is -2.37. The molecule has 0 spiro atoms. The van der Waals surface area contributed by atoms with Crippen LogP contribution in [-0.4, -0.2) is 62.9 Å². The molecule has 1 saturated carbocycles. The molecule has 31 heavy (non-hydrogen) atoms. The van der Waals surface area contributed by atoms with Crippen LogP contribution in [0, 0.1) is 0 Å². The van der Waals surface area contributed by atoms with Crippen LogP contribution in [0.15, 0.2) is 24.3 Å². The lowest BCUT2D eigenvalue weighted by Crippen LogP contribution is -2.58. The molecule has 1 aliphatic carbocycles. The monoisotopic (exact) mass is 430 g/mol. The summed E-state index contributed by atoms with van der Waals surface area (Å²) in [7, 11) is 0. The Morgan fingerprint density at radius 3 is 2.71 bits per heavy atom. The summed E-state index contributed by atoms with van der Waals surface area (Å²) in [6.45, 7) is 2.35. The van der Waals surface area contributed by atoms with E-state index in [1.54, 1.807) is 0 Å². The number of para-hydroxylation sites is 1. The summed E-state index contributed by atoms with van der Waals surface area (Å²) in [5.74, 6) is 1.27. The fourth-order valence-electron chi connectivity index (χ4n) is 4.87. The Bertz CT molecular complexity index is 730. The van der Waals surface area contributed by atoms with Crippen molar-refractivity contribution in [1.29, 1.82) is 0 Å². The molecule has 0 radical (unpaired) electrons. The van der Waals surface area contributed by atoms with Gasteiger partial charge in [0.15, 0.2) is 6.29 Å². The number of hydrogen-bond acceptors (Lipinski definition) is 6. The number of ether oxygens (including phenoxy) is 3. The van der Waals surface area contributed by atoms with Crippen LogP contribution in [0.2, 0.25) is 0 Å². The Hall–Kier alpha value is -1.96. The number of amides is 1. The summed E-state index contributed by atoms with van der Waals surface area (Å²) in [5.41, 5.74) is 1.19. The maximum Gasteiger partial charge on any atom is 0.249 e. The Labute approximate surface area is 184 Å². The molecule has 4 rings (SSSR count). The van der Waals surface area contributed by atoms with E-state index in [4.69, 9.17) is 14.2 Å². The predicted molar refractivity (Wildman–Crippen MR) is 116 cm³/mol. The number of carbonyl (C=O) groups is 2. The quantitative estimate of drug-likeness (QED) is 0.585. The molecule has 7 heteroatoms. The van der Waals surface area contributed by atoms with E-state index < -0.39 is 0 Å². The molecule has 2 heterocycles. The topological polar surface area (TPSA) is 85.9 Å². The SMILES string of the molecule is O=CCOc1ccccc1C1CCC(OC[C@@H]2NCCC[C@@H]2NC(=O)[C@H]2CCO2)CC1. The molecule has 170 valence electrons. The summed E-state index contributed by atoms with van der Waals surface area (Å²) in [5, 5.41) is 6.69. The van der Waals surface area contributed by atoms with Crippen molar-refractivity contribution in [2.75, 3.05) is 26.4 Å². The van der Waals surface area contributed by atoms with Gasteiger partial charge in [-0.3, -0.25) is 9.59 Å². The molecular weight excluding hydrogens is 396 g/mol. The molecule has 1 aromatic rings. The Morgan fingerprint density at radius 1 is 1.16 bits per heavy atom. The highest BCUT2D eigenvalue weighted by atomic mass is 16.5. The van der Waals surface area contributed by atoms with Crippen LogP contribution < -0.4 is 15.4 Å². The molecule has 0 aromatic heterocycles. The van der Waals surface area contributed by atoms with Gasteiger partial charge in [0, 0.05) is 12.5 Å². The largest absolute Gasteiger partial charge is 0.486 e. The summed E-state index contributed by atoms with van der Waals surface area (Å²) in [4.78, 5) is 22.9. The van der Waals surface area contributed by atoms with Gasteiger partial charge in [-0.05, 0) is 62.6 Å². The molecule has 7 nitrogen and oxygen atoms in total. The van der Waals surface area contributed by atoms with E-state index in [9.17, 15) is 9.59 Å². The van der Waals surface area contributed by atoms with E-state index in [0.29, 0.717) is 19.1 Å². The minimum atomic E-state index is -0.267. The van der Waals surface area contributed by atoms with Crippen molar-refractivity contribution in [3.05, 3.63) is 29.8 Å². The lowest BCUT2D eigenvalue weighted by atomic mass is 9.82. The lowest BCUT2D eigenvalue weighted by molar-refractivity contribution is -0.146. The fourth-order valence-corrected chi connectivity index (χ4v) is 4.87. The van der Waals surface area contributed by atoms with Crippen molar-refractivity contribution in [2.45, 2.75) is 75.2 Å². The van der Waals surface area contributed by atoms with Crippen molar-refractivity contribution < 1.29 is 23.8 Å². The zero-order chi connectivity index (χ0) is 21.5. The summed E-state index contributed by atoms with van der Waals surface area (Å²) in [6, 6.07) is 8.28. The number of benzene rings is 1. The number of aldehydes is 1. The van der Waals surface area contributed by atoms with Gasteiger partial charge in [-0.15, -0.1) is 0 Å². The van der Waals surface area contributed by atoms with Crippen LogP contribution in [0.4, 0.5) is 0 Å². The Balaban J connectivity index is 1.24. The third kappa shape index (κ3) is 5.84. The highest BCUT2D eigenvalue weighted by Gasteiger charge is 2.33. The zero-order valence-electron chi connectivity index (χ0n) is 18.1. The van der Waals surface area contributed by atoms with Gasteiger partial charge in [0.05, 0.1) is 25.4 Å². The molecule has 2 N–H and O–H groups in total. The molecule has 2 saturated heterocycles. The molecule has 1 aromatic carbocycles. The number of piperidine rings is 1. The first-order valence-electron chi connectivity index (χ1n) is 11.7. The molecule has 3 fully saturated rings. The number of hydrogen-bond donors (Lipinski definition) is 2. The van der Waals surface area contributed by atoms with Crippen molar-refractivity contribution in [3.8, 4) is 5.75 Å². The first-order valence-corrected chi connectivity index (χ1v) is 11.7. The highest BCUT2D eigenvalue weighted by Crippen LogP contribution is 2.38. The van der Waals surface area contributed by atoms with Crippen LogP contribution in [-0.2, 0) is 19.1 Å². The molecule has 0 unspecified atom stereocenters. The van der Waals surface area contributed by atoms with Gasteiger partial charge >= 0.3 is 0 Å². The average Bonchev–Trinajstić information content (AvgIpc) is 2.76. The molecular formula is C24H34N2O5. The van der Waals surface area contributed by atoms with Crippen molar-refractivity contribution in [3.63, 3.8) is 0 Å². The molecule has 2 aliphatic heterocycles. The van der Waals surface area contributed by atoms with Gasteiger partial charge in [-0.2, -0.15) is 0 Å². The number of nitrogens with one attached hydrogen (secondary N) is 2. The van der Waals surface area contributed by atoms with Crippen LogP contribution in [0.5, 0.6) is 5.75 Å². The molecule has 3 aliphatic rings. The first kappa shape index (κ1) is 22.2. The highest BCUT2D eigenvalue weighted by molar-refractivity contribution is 5.81. The summed E-state index contributed by atoms with van der Waals surface area (Å²) < 4.78 is 17.2. The summed E-state index contributed by atoms with van der Waals surface area (Å²) >= 11 is 0. The number of carbonyl (C=O) groups excluding carboxylic acids is 2. The zero-order valence-corrected chi connectivity index (χ0v) is 18.1. The van der Waals surface area contributed by atoms with E-state index in [1.807, 2.05) is 18.2 Å². The van der Waals surface area contributed by atoms with E-state index in [-0.39, 0.29) is 36.8 Å². The van der Waals surface area contributed by atoms with Gasteiger partial charge in [-0.25, -0.2) is 0 Å². The van der Waals surface area contributed by atoms with Gasteiger partial charge in [-0.1, -0.05) is 18.2 Å². The second kappa shape index (κ2) is 11.1. The summed E-state index contributed by atoms with van der Waals surface area (Å²) in [6.07, 6.45) is 7.72. The van der Waals surface area contributed by atoms with Crippen LogP contribution in [0.25, 0.3) is 0 Å². The first-order chi connectivity index (χ1) is 15.2. The van der Waals surface area contributed by atoms with Gasteiger partial charge in [0.25, 0.3) is 0 Å². The van der Waals surface area contributed by atoms with E-state index in [1.165, 1.54) is 5.56 Å². The van der Waals surface area contributed by atoms with E-state index in [0.717, 1.165) is 63.5 Å². The molecule has 3 atom stereocenters. The molecule has 0 bridgehead atoms. The second-order valence-corrected chi connectivity index (χ2v) is 8.79. The Morgan fingerprint density at radius 2 is 1.97 bits per heavy atom. The molecule has 1 amide bonds. The van der Waals surface area contributed by atoms with E-state index in [2.05, 4.69) is 16.7 Å². The van der Waals surface area contributed by atoms with Crippen molar-refractivity contribution >= 4 is 12.2 Å². The normalized spacial score (nSPS) is 30.8. The minimum Gasteiger partial charge on any atom is -0.486 e. The van der Waals surface area contributed by atoms with Crippen molar-refractivity contribution in [2.24, 2.45) is 0 Å². The Kier molecular flexibility index (Phi) is 7.94. The maximum absolute atomic E-state index is 12.3.